The highest BCUT2D eigenvalue weighted by molar-refractivity contribution is 6.31. The number of allylic oxidation sites excluding steroid dienone is 3. The quantitative estimate of drug-likeness (QED) is 0.295. The maximum Gasteiger partial charge on any atom is 0.337 e. The number of carbonyl (C=O) groups excluding carboxylic acids is 2. The first-order valence-corrected chi connectivity index (χ1v) is 13.4. The van der Waals surface area contributed by atoms with Gasteiger partial charge in [0.25, 0.3) is 0 Å². The van der Waals surface area contributed by atoms with Gasteiger partial charge in [-0.25, -0.2) is 4.79 Å². The van der Waals surface area contributed by atoms with E-state index in [1.54, 1.807) is 30.4 Å². The first-order chi connectivity index (χ1) is 17.5. The van der Waals surface area contributed by atoms with E-state index in [2.05, 4.69) is 31.8 Å². The van der Waals surface area contributed by atoms with E-state index >= 15 is 0 Å². The van der Waals surface area contributed by atoms with Crippen LogP contribution in [-0.2, 0) is 14.3 Å². The van der Waals surface area contributed by atoms with Gasteiger partial charge in [-0.1, -0.05) is 44.5 Å². The number of hydrogen-bond donors (Lipinski definition) is 1. The summed E-state index contributed by atoms with van der Waals surface area (Å²) in [5.74, 6) is -0.145. The third-order valence-corrected chi connectivity index (χ3v) is 7.92. The number of halogens is 2. The minimum atomic E-state index is -0.623. The molecule has 8 heteroatoms. The lowest BCUT2D eigenvalue weighted by Gasteiger charge is -2.49. The highest BCUT2D eigenvalue weighted by atomic mass is 35.5. The number of methoxy groups -OCH3 is 1. The molecule has 1 N–H and O–H groups in total. The Morgan fingerprint density at radius 3 is 2.62 bits per heavy atom. The SMILES string of the molecule is COC(=O)c1ccc(C(C)N2C(=O)C(C3=C=CC(CCl)=CC(Cl)=C3)NC23CCOC(C(C)(C)C)C3)cc1. The van der Waals surface area contributed by atoms with Gasteiger partial charge in [0, 0.05) is 29.3 Å². The smallest absolute Gasteiger partial charge is 0.337 e. The summed E-state index contributed by atoms with van der Waals surface area (Å²) in [7, 11) is 1.36. The van der Waals surface area contributed by atoms with Crippen LogP contribution in [0.15, 0.2) is 64.4 Å². The largest absolute Gasteiger partial charge is 0.465 e. The van der Waals surface area contributed by atoms with Crippen molar-refractivity contribution in [2.45, 2.75) is 64.4 Å². The van der Waals surface area contributed by atoms with Crippen molar-refractivity contribution in [3.05, 3.63) is 75.5 Å². The van der Waals surface area contributed by atoms with Gasteiger partial charge < -0.3 is 14.4 Å². The van der Waals surface area contributed by atoms with Crippen LogP contribution in [0.3, 0.4) is 0 Å². The second-order valence-electron chi connectivity index (χ2n) is 10.9. The van der Waals surface area contributed by atoms with Crippen LogP contribution >= 0.6 is 23.2 Å². The Morgan fingerprint density at radius 1 is 1.30 bits per heavy atom. The molecule has 1 aromatic rings. The molecule has 2 fully saturated rings. The molecule has 0 saturated carbocycles. The standard InChI is InChI=1S/C29H34Cl2N2O4/c1-18(20-8-10-21(11-9-20)27(35)36-5)33-26(34)25(22-7-6-19(17-30)14-23(31)15-22)32-29(33)12-13-37-24(16-29)28(2,3)4/h6,8-11,14-15,18,24-25,32H,12-13,16-17H2,1-5H3. The Bertz CT molecular complexity index is 1190. The number of benzene rings is 1. The lowest BCUT2D eigenvalue weighted by atomic mass is 9.80. The minimum Gasteiger partial charge on any atom is -0.465 e. The molecule has 37 heavy (non-hydrogen) atoms. The Morgan fingerprint density at radius 2 is 2.00 bits per heavy atom. The van der Waals surface area contributed by atoms with Gasteiger partial charge in [-0.2, -0.15) is 0 Å². The molecule has 1 aromatic carbocycles. The van der Waals surface area contributed by atoms with Crippen LogP contribution < -0.4 is 5.32 Å². The first-order valence-electron chi connectivity index (χ1n) is 12.5. The van der Waals surface area contributed by atoms with E-state index in [-0.39, 0.29) is 23.5 Å². The monoisotopic (exact) mass is 544 g/mol. The minimum absolute atomic E-state index is 0.0426. The summed E-state index contributed by atoms with van der Waals surface area (Å²) in [5.41, 5.74) is 5.42. The van der Waals surface area contributed by atoms with Crippen molar-refractivity contribution in [3.8, 4) is 0 Å². The van der Waals surface area contributed by atoms with Gasteiger partial charge in [-0.05, 0) is 53.8 Å². The molecule has 0 bridgehead atoms. The number of amides is 1. The zero-order chi connectivity index (χ0) is 27.0. The molecule has 4 rings (SSSR count). The highest BCUT2D eigenvalue weighted by Crippen LogP contribution is 2.44. The number of ether oxygens (including phenoxy) is 2. The van der Waals surface area contributed by atoms with Crippen LogP contribution in [0.4, 0.5) is 0 Å². The summed E-state index contributed by atoms with van der Waals surface area (Å²) in [5, 5.41) is 4.19. The number of alkyl halides is 1. The van der Waals surface area contributed by atoms with Crippen LogP contribution in [0.2, 0.25) is 0 Å². The summed E-state index contributed by atoms with van der Waals surface area (Å²) in [6.45, 7) is 9.02. The highest BCUT2D eigenvalue weighted by Gasteiger charge is 2.56. The fourth-order valence-electron chi connectivity index (χ4n) is 5.30. The Hall–Kier alpha value is -2.34. The molecule has 2 aliphatic heterocycles. The summed E-state index contributed by atoms with van der Waals surface area (Å²) in [6, 6.07) is 6.34. The number of nitrogens with zero attached hydrogens (tertiary/aromatic N) is 1. The van der Waals surface area contributed by atoms with Crippen LogP contribution in [0.25, 0.3) is 0 Å². The van der Waals surface area contributed by atoms with Crippen LogP contribution in [0, 0.1) is 5.41 Å². The van der Waals surface area contributed by atoms with Crippen LogP contribution in [-0.4, -0.2) is 54.2 Å². The van der Waals surface area contributed by atoms with Crippen LogP contribution in [0.1, 0.15) is 62.5 Å². The van der Waals surface area contributed by atoms with Crippen LogP contribution in [0.5, 0.6) is 0 Å². The number of rotatable bonds is 5. The van der Waals surface area contributed by atoms with E-state index in [0.717, 1.165) is 11.1 Å². The molecule has 4 atom stereocenters. The van der Waals surface area contributed by atoms with Gasteiger partial charge in [-0.15, -0.1) is 17.3 Å². The summed E-state index contributed by atoms with van der Waals surface area (Å²) in [4.78, 5) is 28.1. The Labute approximate surface area is 229 Å². The summed E-state index contributed by atoms with van der Waals surface area (Å²) < 4.78 is 11.0. The normalized spacial score (nSPS) is 26.9. The molecule has 0 radical (unpaired) electrons. The van der Waals surface area contributed by atoms with Crippen molar-refractivity contribution in [3.63, 3.8) is 0 Å². The molecule has 2 heterocycles. The second-order valence-corrected chi connectivity index (χ2v) is 11.6. The number of nitrogens with one attached hydrogen (secondary N) is 1. The van der Waals surface area contributed by atoms with Gasteiger partial charge in [0.2, 0.25) is 5.91 Å². The van der Waals surface area contributed by atoms with Crippen molar-refractivity contribution in [1.29, 1.82) is 0 Å². The average molecular weight is 546 g/mol. The number of esters is 1. The molecule has 1 spiro atoms. The second kappa shape index (κ2) is 10.8. The lowest BCUT2D eigenvalue weighted by molar-refractivity contribution is -0.146. The van der Waals surface area contributed by atoms with Gasteiger partial charge in [0.15, 0.2) is 0 Å². The summed E-state index contributed by atoms with van der Waals surface area (Å²) >= 11 is 12.5. The molecule has 3 aliphatic rings. The summed E-state index contributed by atoms with van der Waals surface area (Å²) in [6.07, 6.45) is 6.60. The molecular formula is C29H34Cl2N2O4. The zero-order valence-electron chi connectivity index (χ0n) is 21.9. The molecule has 4 unspecified atom stereocenters. The molecule has 1 amide bonds. The van der Waals surface area contributed by atoms with E-state index < -0.39 is 17.7 Å². The number of hydrogen-bond acceptors (Lipinski definition) is 5. The zero-order valence-corrected chi connectivity index (χ0v) is 23.4. The molecule has 2 saturated heterocycles. The predicted molar refractivity (Wildman–Crippen MR) is 145 cm³/mol. The van der Waals surface area contributed by atoms with E-state index in [9.17, 15) is 9.59 Å². The fourth-order valence-corrected chi connectivity index (χ4v) is 5.71. The predicted octanol–water partition coefficient (Wildman–Crippen LogP) is 5.64. The topological polar surface area (TPSA) is 67.9 Å². The van der Waals surface area contributed by atoms with Gasteiger partial charge >= 0.3 is 5.97 Å². The van der Waals surface area contributed by atoms with E-state index in [1.807, 2.05) is 24.0 Å². The first kappa shape index (κ1) is 27.7. The Balaban J connectivity index is 1.75. The van der Waals surface area contributed by atoms with Crippen molar-refractivity contribution < 1.29 is 19.1 Å². The third-order valence-electron chi connectivity index (χ3n) is 7.39. The number of carbonyl (C=O) groups is 2. The fraction of sp³-hybridized carbons (Fsp3) is 0.483. The van der Waals surface area contributed by atoms with Gasteiger partial charge in [-0.3, -0.25) is 10.1 Å². The van der Waals surface area contributed by atoms with E-state index in [1.165, 1.54) is 7.11 Å². The van der Waals surface area contributed by atoms with Crippen molar-refractivity contribution in [1.82, 2.24) is 10.2 Å². The maximum absolute atomic E-state index is 14.2. The molecule has 198 valence electrons. The van der Waals surface area contributed by atoms with Crippen molar-refractivity contribution in [2.24, 2.45) is 5.41 Å². The van der Waals surface area contributed by atoms with Crippen molar-refractivity contribution >= 4 is 35.1 Å². The lowest BCUT2D eigenvalue weighted by Crippen LogP contribution is -2.60. The van der Waals surface area contributed by atoms with E-state index in [4.69, 9.17) is 32.7 Å². The third kappa shape index (κ3) is 5.59. The maximum atomic E-state index is 14.2. The van der Waals surface area contributed by atoms with Gasteiger partial charge in [0.05, 0.1) is 37.1 Å². The molecule has 6 nitrogen and oxygen atoms in total. The molecule has 0 aromatic heterocycles. The Kier molecular flexibility index (Phi) is 8.08. The molecular weight excluding hydrogens is 511 g/mol. The van der Waals surface area contributed by atoms with Gasteiger partial charge in [0.1, 0.15) is 6.04 Å². The van der Waals surface area contributed by atoms with E-state index in [0.29, 0.717) is 41.5 Å². The molecule has 1 aliphatic carbocycles. The van der Waals surface area contributed by atoms with Crippen molar-refractivity contribution in [2.75, 3.05) is 19.6 Å². The average Bonchev–Trinajstić information content (AvgIpc) is 3.01.